The summed E-state index contributed by atoms with van der Waals surface area (Å²) >= 11 is 0. The number of piperazine rings is 2. The number of rotatable bonds is 4. The van der Waals surface area contributed by atoms with Gasteiger partial charge in [0.05, 0.1) is 13.1 Å². The number of hydrogen-bond donors (Lipinski definition) is 0. The predicted molar refractivity (Wildman–Crippen MR) is 95.4 cm³/mol. The van der Waals surface area contributed by atoms with Gasteiger partial charge in [-0.2, -0.15) is 0 Å². The zero-order valence-electron chi connectivity index (χ0n) is 14.7. The van der Waals surface area contributed by atoms with Crippen LogP contribution in [0.4, 0.5) is 0 Å². The van der Waals surface area contributed by atoms with Crippen LogP contribution in [0.15, 0.2) is 0 Å². The lowest BCUT2D eigenvalue weighted by atomic mass is 10.0. The first-order valence-corrected chi connectivity index (χ1v) is 9.01. The highest BCUT2D eigenvalue weighted by atomic mass is 16.2. The number of amides is 2. The highest BCUT2D eigenvalue weighted by molar-refractivity contribution is 6.07. The van der Waals surface area contributed by atoms with Gasteiger partial charge in [0.25, 0.3) is 0 Å². The Morgan fingerprint density at radius 2 is 1.08 bits per heavy atom. The van der Waals surface area contributed by atoms with Crippen molar-refractivity contribution in [2.24, 2.45) is 5.41 Å². The first kappa shape index (κ1) is 17.8. The molecule has 3 fully saturated rings. The Morgan fingerprint density at radius 1 is 0.720 bits per heavy atom. The lowest BCUT2D eigenvalue weighted by Gasteiger charge is -2.38. The maximum atomic E-state index is 13.0. The molecular formula is C19H26N4O2. The normalized spacial score (nSPS) is 23.6. The standard InChI is InChI=1S/C19H26N4O2/c1-3-7-20-9-13-22(14-10-20)17(24)19(5-6-19)18(25)23-15-11-21(8-4-2)12-16-23/h1-2H,5-16H2. The van der Waals surface area contributed by atoms with Crippen molar-refractivity contribution >= 4 is 11.8 Å². The van der Waals surface area contributed by atoms with Gasteiger partial charge in [0, 0.05) is 52.4 Å². The molecule has 0 N–H and O–H groups in total. The van der Waals surface area contributed by atoms with Gasteiger partial charge in [-0.3, -0.25) is 19.4 Å². The summed E-state index contributed by atoms with van der Waals surface area (Å²) in [4.78, 5) is 34.0. The Hall–Kier alpha value is -2.02. The van der Waals surface area contributed by atoms with Gasteiger partial charge in [0.1, 0.15) is 5.41 Å². The van der Waals surface area contributed by atoms with Crippen molar-refractivity contribution in [3.63, 3.8) is 0 Å². The molecule has 6 nitrogen and oxygen atoms in total. The van der Waals surface area contributed by atoms with Crippen LogP contribution in [0, 0.1) is 30.1 Å². The molecule has 2 aliphatic heterocycles. The smallest absolute Gasteiger partial charge is 0.238 e. The Bertz CT molecular complexity index is 548. The zero-order chi connectivity index (χ0) is 17.9. The SMILES string of the molecule is C#CCN1CCN(C(=O)C2(C(=O)N3CCN(CC#C)CC3)CC2)CC1. The average Bonchev–Trinajstić information content (AvgIpc) is 3.44. The Labute approximate surface area is 150 Å². The van der Waals surface area contributed by atoms with Gasteiger partial charge < -0.3 is 9.80 Å². The van der Waals surface area contributed by atoms with E-state index in [-0.39, 0.29) is 11.8 Å². The van der Waals surface area contributed by atoms with Crippen molar-refractivity contribution in [3.05, 3.63) is 0 Å². The summed E-state index contributed by atoms with van der Waals surface area (Å²) < 4.78 is 0. The van der Waals surface area contributed by atoms with Gasteiger partial charge in [0.2, 0.25) is 11.8 Å². The number of carbonyl (C=O) groups is 2. The number of hydrogen-bond acceptors (Lipinski definition) is 4. The van der Waals surface area contributed by atoms with Gasteiger partial charge in [-0.15, -0.1) is 12.8 Å². The monoisotopic (exact) mass is 342 g/mol. The minimum atomic E-state index is -0.789. The number of carbonyl (C=O) groups excluding carboxylic acids is 2. The van der Waals surface area contributed by atoms with Crippen molar-refractivity contribution in [3.8, 4) is 24.7 Å². The molecular weight excluding hydrogens is 316 g/mol. The molecule has 1 saturated carbocycles. The Kier molecular flexibility index (Phi) is 5.32. The second-order valence-electron chi connectivity index (χ2n) is 7.13. The molecule has 0 spiro atoms. The molecule has 0 radical (unpaired) electrons. The third kappa shape index (κ3) is 3.66. The molecule has 0 bridgehead atoms. The highest BCUT2D eigenvalue weighted by Gasteiger charge is 2.59. The number of terminal acetylenes is 2. The first-order chi connectivity index (χ1) is 12.1. The van der Waals surface area contributed by atoms with Crippen LogP contribution in [0.3, 0.4) is 0 Å². The maximum Gasteiger partial charge on any atom is 0.238 e. The van der Waals surface area contributed by atoms with Gasteiger partial charge >= 0.3 is 0 Å². The summed E-state index contributed by atoms with van der Waals surface area (Å²) in [5, 5.41) is 0. The second kappa shape index (κ2) is 7.47. The number of nitrogens with zero attached hydrogens (tertiary/aromatic N) is 4. The molecule has 25 heavy (non-hydrogen) atoms. The van der Waals surface area contributed by atoms with Crippen LogP contribution in [0.2, 0.25) is 0 Å². The van der Waals surface area contributed by atoms with E-state index in [2.05, 4.69) is 21.6 Å². The van der Waals surface area contributed by atoms with E-state index < -0.39 is 5.41 Å². The fourth-order valence-electron chi connectivity index (χ4n) is 3.73. The molecule has 2 heterocycles. The second-order valence-corrected chi connectivity index (χ2v) is 7.13. The summed E-state index contributed by atoms with van der Waals surface area (Å²) in [6.07, 6.45) is 12.1. The van der Waals surface area contributed by atoms with E-state index in [1.165, 1.54) is 0 Å². The van der Waals surface area contributed by atoms with Gasteiger partial charge in [0.15, 0.2) is 0 Å². The molecule has 0 aromatic heterocycles. The van der Waals surface area contributed by atoms with Crippen LogP contribution in [0.25, 0.3) is 0 Å². The minimum absolute atomic E-state index is 0.0175. The summed E-state index contributed by atoms with van der Waals surface area (Å²) in [5.74, 6) is 5.32. The molecule has 0 aromatic carbocycles. The van der Waals surface area contributed by atoms with E-state index in [9.17, 15) is 9.59 Å². The van der Waals surface area contributed by atoms with Crippen molar-refractivity contribution < 1.29 is 9.59 Å². The maximum absolute atomic E-state index is 13.0. The van der Waals surface area contributed by atoms with Gasteiger partial charge in [-0.1, -0.05) is 11.8 Å². The van der Waals surface area contributed by atoms with E-state index in [0.29, 0.717) is 52.1 Å². The van der Waals surface area contributed by atoms with E-state index in [0.717, 1.165) is 26.2 Å². The summed E-state index contributed by atoms with van der Waals surface area (Å²) in [6, 6.07) is 0. The highest BCUT2D eigenvalue weighted by Crippen LogP contribution is 2.49. The lowest BCUT2D eigenvalue weighted by molar-refractivity contribution is -0.151. The van der Waals surface area contributed by atoms with Crippen LogP contribution in [-0.4, -0.2) is 96.9 Å². The van der Waals surface area contributed by atoms with E-state index in [1.54, 1.807) is 0 Å². The predicted octanol–water partition coefficient (Wildman–Crippen LogP) is -0.679. The molecule has 3 aliphatic rings. The molecule has 0 unspecified atom stereocenters. The first-order valence-electron chi connectivity index (χ1n) is 9.01. The topological polar surface area (TPSA) is 47.1 Å². The molecule has 0 atom stereocenters. The van der Waals surface area contributed by atoms with E-state index in [1.807, 2.05) is 9.80 Å². The molecule has 2 saturated heterocycles. The third-order valence-corrected chi connectivity index (χ3v) is 5.52. The molecule has 6 heteroatoms. The molecule has 134 valence electrons. The van der Waals surface area contributed by atoms with E-state index >= 15 is 0 Å². The van der Waals surface area contributed by atoms with Gasteiger partial charge in [-0.25, -0.2) is 0 Å². The molecule has 3 rings (SSSR count). The fraction of sp³-hybridized carbons (Fsp3) is 0.684. The van der Waals surface area contributed by atoms with Crippen molar-refractivity contribution in [2.45, 2.75) is 12.8 Å². The van der Waals surface area contributed by atoms with E-state index in [4.69, 9.17) is 12.8 Å². The van der Waals surface area contributed by atoms with Crippen molar-refractivity contribution in [1.29, 1.82) is 0 Å². The molecule has 2 amide bonds. The Morgan fingerprint density at radius 3 is 1.36 bits per heavy atom. The van der Waals surface area contributed by atoms with Crippen LogP contribution >= 0.6 is 0 Å². The minimum Gasteiger partial charge on any atom is -0.339 e. The van der Waals surface area contributed by atoms with Crippen LogP contribution in [0.5, 0.6) is 0 Å². The van der Waals surface area contributed by atoms with Crippen LogP contribution in [-0.2, 0) is 9.59 Å². The van der Waals surface area contributed by atoms with Gasteiger partial charge in [-0.05, 0) is 12.8 Å². The quantitative estimate of drug-likeness (QED) is 0.502. The fourth-order valence-corrected chi connectivity index (χ4v) is 3.73. The Balaban J connectivity index is 1.55. The summed E-state index contributed by atoms with van der Waals surface area (Å²) in [6.45, 7) is 7.00. The molecule has 1 aliphatic carbocycles. The van der Waals surface area contributed by atoms with Crippen molar-refractivity contribution in [1.82, 2.24) is 19.6 Å². The van der Waals surface area contributed by atoms with Crippen LogP contribution in [0.1, 0.15) is 12.8 Å². The third-order valence-electron chi connectivity index (χ3n) is 5.52. The van der Waals surface area contributed by atoms with Crippen molar-refractivity contribution in [2.75, 3.05) is 65.4 Å². The summed E-state index contributed by atoms with van der Waals surface area (Å²) in [7, 11) is 0. The largest absolute Gasteiger partial charge is 0.339 e. The summed E-state index contributed by atoms with van der Waals surface area (Å²) in [5.41, 5.74) is -0.789. The lowest BCUT2D eigenvalue weighted by Crippen LogP contribution is -2.56. The zero-order valence-corrected chi connectivity index (χ0v) is 14.7. The average molecular weight is 342 g/mol. The molecule has 0 aromatic rings. The van der Waals surface area contributed by atoms with Crippen LogP contribution < -0.4 is 0 Å².